The van der Waals surface area contributed by atoms with E-state index >= 15 is 0 Å². The van der Waals surface area contributed by atoms with E-state index in [0.717, 1.165) is 16.5 Å². The van der Waals surface area contributed by atoms with Crippen LogP contribution >= 0.6 is 27.5 Å². The Morgan fingerprint density at radius 2 is 2.04 bits per heavy atom. The number of nitrogens with one attached hydrogen (secondary N) is 1. The number of carbonyl (C=O) groups is 2. The highest BCUT2D eigenvalue weighted by molar-refractivity contribution is 9.10. The molecule has 0 fully saturated rings. The van der Waals surface area contributed by atoms with Crippen LogP contribution in [-0.2, 0) is 16.0 Å². The lowest BCUT2D eigenvalue weighted by atomic mass is 9.90. The molecule has 4 nitrogen and oxygen atoms in total. The van der Waals surface area contributed by atoms with Crippen LogP contribution in [-0.4, -0.2) is 23.3 Å². The van der Waals surface area contributed by atoms with Gasteiger partial charge in [0.2, 0.25) is 11.8 Å². The number of benzene rings is 2. The van der Waals surface area contributed by atoms with Crippen LogP contribution in [0.15, 0.2) is 46.9 Å². The largest absolute Gasteiger partial charge is 0.335 e. The minimum absolute atomic E-state index is 0.0195. The van der Waals surface area contributed by atoms with E-state index in [2.05, 4.69) is 27.3 Å². The highest BCUT2D eigenvalue weighted by Crippen LogP contribution is 2.33. The second-order valence-corrected chi connectivity index (χ2v) is 7.38. The van der Waals surface area contributed by atoms with Gasteiger partial charge in [0.05, 0.1) is 23.2 Å². The summed E-state index contributed by atoms with van der Waals surface area (Å²) in [4.78, 5) is 26.4. The zero-order chi connectivity index (χ0) is 18.0. The van der Waals surface area contributed by atoms with E-state index in [-0.39, 0.29) is 24.3 Å². The molecule has 1 aliphatic heterocycles. The lowest BCUT2D eigenvalue weighted by Crippen LogP contribution is -2.40. The van der Waals surface area contributed by atoms with Gasteiger partial charge in [-0.15, -0.1) is 0 Å². The zero-order valence-corrected chi connectivity index (χ0v) is 16.1. The maximum Gasteiger partial charge on any atom is 0.226 e. The second-order valence-electron chi connectivity index (χ2n) is 6.05. The van der Waals surface area contributed by atoms with Gasteiger partial charge >= 0.3 is 0 Å². The van der Waals surface area contributed by atoms with Crippen molar-refractivity contribution in [2.24, 2.45) is 0 Å². The Bertz CT molecular complexity index is 825. The molecule has 0 aromatic heterocycles. The van der Waals surface area contributed by atoms with Gasteiger partial charge < -0.3 is 10.2 Å². The van der Waals surface area contributed by atoms with Gasteiger partial charge in [-0.05, 0) is 35.7 Å². The number of fused-ring (bicyclic) bond motifs is 1. The molecule has 1 aliphatic rings. The first kappa shape index (κ1) is 18.0. The monoisotopic (exact) mass is 420 g/mol. The smallest absolute Gasteiger partial charge is 0.226 e. The van der Waals surface area contributed by atoms with E-state index < -0.39 is 0 Å². The summed E-state index contributed by atoms with van der Waals surface area (Å²) in [5.74, 6) is -0.189. The number of nitrogens with zero attached hydrogens (tertiary/aromatic N) is 1. The highest BCUT2D eigenvalue weighted by atomic mass is 79.9. The van der Waals surface area contributed by atoms with Crippen LogP contribution in [0.25, 0.3) is 0 Å². The van der Waals surface area contributed by atoms with Gasteiger partial charge in [-0.25, -0.2) is 0 Å². The average molecular weight is 422 g/mol. The van der Waals surface area contributed by atoms with E-state index in [1.54, 1.807) is 24.0 Å². The molecule has 2 amide bonds. The maximum absolute atomic E-state index is 12.6. The van der Waals surface area contributed by atoms with Gasteiger partial charge in [0.1, 0.15) is 0 Å². The molecule has 0 saturated heterocycles. The maximum atomic E-state index is 12.6. The summed E-state index contributed by atoms with van der Waals surface area (Å²) >= 11 is 9.51. The molecular weight excluding hydrogens is 404 g/mol. The minimum Gasteiger partial charge on any atom is -0.335 e. The molecule has 0 radical (unpaired) electrons. The normalized spacial score (nSPS) is 16.3. The predicted octanol–water partition coefficient (Wildman–Crippen LogP) is 4.58. The third kappa shape index (κ3) is 4.05. The van der Waals surface area contributed by atoms with Gasteiger partial charge in [-0.1, -0.05) is 51.8 Å². The van der Waals surface area contributed by atoms with E-state index in [9.17, 15) is 9.59 Å². The summed E-state index contributed by atoms with van der Waals surface area (Å²) < 4.78 is 0.847. The molecule has 2 aromatic rings. The van der Waals surface area contributed by atoms with Crippen LogP contribution in [0.1, 0.15) is 30.5 Å². The predicted molar refractivity (Wildman–Crippen MR) is 103 cm³/mol. The fraction of sp³-hybridized carbons (Fsp3) is 0.263. The highest BCUT2D eigenvalue weighted by Gasteiger charge is 2.30. The number of rotatable bonds is 3. The standard InChI is InChI=1S/C19H18BrClN2O2/c1-12(24)23-9-8-13-4-2-3-5-15(13)18(23)11-19(25)22-17-7-6-14(20)10-16(17)21/h2-7,10,18H,8-9,11H2,1H3,(H,22,25). The van der Waals surface area contributed by atoms with Gasteiger partial charge in [-0.3, -0.25) is 9.59 Å². The summed E-state index contributed by atoms with van der Waals surface area (Å²) in [6, 6.07) is 13.0. The van der Waals surface area contributed by atoms with E-state index in [0.29, 0.717) is 17.3 Å². The third-order valence-corrected chi connectivity index (χ3v) is 5.21. The molecule has 0 bridgehead atoms. The second kappa shape index (κ2) is 7.58. The van der Waals surface area contributed by atoms with E-state index in [4.69, 9.17) is 11.6 Å². The summed E-state index contributed by atoms with van der Waals surface area (Å²) in [7, 11) is 0. The van der Waals surface area contributed by atoms with Gasteiger partial charge in [-0.2, -0.15) is 0 Å². The third-order valence-electron chi connectivity index (χ3n) is 4.40. The zero-order valence-electron chi connectivity index (χ0n) is 13.8. The molecule has 1 heterocycles. The average Bonchev–Trinajstić information content (AvgIpc) is 2.57. The number of hydrogen-bond acceptors (Lipinski definition) is 2. The van der Waals surface area contributed by atoms with Crippen LogP contribution in [0.3, 0.4) is 0 Å². The molecule has 1 unspecified atom stereocenters. The molecule has 1 N–H and O–H groups in total. The summed E-state index contributed by atoms with van der Waals surface area (Å²) in [6.07, 6.45) is 1.01. The van der Waals surface area contributed by atoms with Crippen LogP contribution in [0.5, 0.6) is 0 Å². The van der Waals surface area contributed by atoms with Crippen LogP contribution in [0.2, 0.25) is 5.02 Å². The summed E-state index contributed by atoms with van der Waals surface area (Å²) in [5.41, 5.74) is 2.80. The molecule has 2 aromatic carbocycles. The Morgan fingerprint density at radius 1 is 1.28 bits per heavy atom. The number of hydrogen-bond donors (Lipinski definition) is 1. The van der Waals surface area contributed by atoms with Crippen molar-refractivity contribution in [3.63, 3.8) is 0 Å². The Kier molecular flexibility index (Phi) is 5.45. The van der Waals surface area contributed by atoms with Crippen molar-refractivity contribution in [3.05, 3.63) is 63.1 Å². The number of amides is 2. The molecule has 0 aliphatic carbocycles. The van der Waals surface area contributed by atoms with Gasteiger partial charge in [0.15, 0.2) is 0 Å². The number of carbonyl (C=O) groups excluding carboxylic acids is 2. The van der Waals surface area contributed by atoms with Crippen LogP contribution < -0.4 is 5.32 Å². The number of halogens is 2. The molecule has 0 saturated carbocycles. The Labute approximate surface area is 160 Å². The first-order valence-electron chi connectivity index (χ1n) is 8.05. The van der Waals surface area contributed by atoms with Crippen molar-refractivity contribution in [1.29, 1.82) is 0 Å². The quantitative estimate of drug-likeness (QED) is 0.789. The fourth-order valence-corrected chi connectivity index (χ4v) is 3.94. The molecule has 6 heteroatoms. The minimum atomic E-state index is -0.253. The molecule has 130 valence electrons. The van der Waals surface area contributed by atoms with E-state index in [1.807, 2.05) is 24.3 Å². The van der Waals surface area contributed by atoms with Gasteiger partial charge in [0, 0.05) is 17.9 Å². The SMILES string of the molecule is CC(=O)N1CCc2ccccc2C1CC(=O)Nc1ccc(Br)cc1Cl. The topological polar surface area (TPSA) is 49.4 Å². The first-order valence-corrected chi connectivity index (χ1v) is 9.22. The lowest BCUT2D eigenvalue weighted by molar-refractivity contribution is -0.132. The van der Waals surface area contributed by atoms with Crippen molar-refractivity contribution in [2.75, 3.05) is 11.9 Å². The van der Waals surface area contributed by atoms with Crippen LogP contribution in [0.4, 0.5) is 5.69 Å². The van der Waals surface area contributed by atoms with Gasteiger partial charge in [0.25, 0.3) is 0 Å². The van der Waals surface area contributed by atoms with E-state index in [1.165, 1.54) is 5.56 Å². The molecule has 3 rings (SSSR count). The van der Waals surface area contributed by atoms with Crippen molar-refractivity contribution in [3.8, 4) is 0 Å². The van der Waals surface area contributed by atoms with Crippen molar-refractivity contribution in [1.82, 2.24) is 4.90 Å². The number of anilines is 1. The van der Waals surface area contributed by atoms with Crippen molar-refractivity contribution >= 4 is 45.0 Å². The van der Waals surface area contributed by atoms with Crippen LogP contribution in [0, 0.1) is 0 Å². The molecule has 1 atom stereocenters. The Balaban J connectivity index is 1.81. The molecule has 0 spiro atoms. The fourth-order valence-electron chi connectivity index (χ4n) is 3.22. The lowest BCUT2D eigenvalue weighted by Gasteiger charge is -2.36. The van der Waals surface area contributed by atoms with Crippen molar-refractivity contribution < 1.29 is 9.59 Å². The Hall–Kier alpha value is -1.85. The summed E-state index contributed by atoms with van der Waals surface area (Å²) in [5, 5.41) is 3.31. The Morgan fingerprint density at radius 3 is 2.76 bits per heavy atom. The first-order chi connectivity index (χ1) is 12.0. The molecular formula is C19H18BrClN2O2. The van der Waals surface area contributed by atoms with Crippen molar-refractivity contribution in [2.45, 2.75) is 25.8 Å². The summed E-state index contributed by atoms with van der Waals surface area (Å²) in [6.45, 7) is 2.17. The molecule has 25 heavy (non-hydrogen) atoms.